The molecule has 0 aromatic heterocycles. The summed E-state index contributed by atoms with van der Waals surface area (Å²) < 4.78 is 4.93. The predicted octanol–water partition coefficient (Wildman–Crippen LogP) is 1.15. The van der Waals surface area contributed by atoms with E-state index in [4.69, 9.17) is 10.00 Å². The number of aliphatic imine (C=N–C) groups is 1. The maximum Gasteiger partial charge on any atom is 0.208 e. The van der Waals surface area contributed by atoms with E-state index < -0.39 is 0 Å². The molecule has 0 radical (unpaired) electrons. The first kappa shape index (κ1) is 12.3. The third-order valence-corrected chi connectivity index (χ3v) is 2.26. The molecule has 0 rings (SSSR count). The van der Waals surface area contributed by atoms with Gasteiger partial charge in [-0.2, -0.15) is 5.26 Å². The first-order chi connectivity index (χ1) is 6.26. The molecule has 0 N–H and O–H groups in total. The normalized spacial score (nSPS) is 11.1. The van der Waals surface area contributed by atoms with Crippen LogP contribution in [0, 0.1) is 11.5 Å². The molecule has 13 heavy (non-hydrogen) atoms. The van der Waals surface area contributed by atoms with Crippen molar-refractivity contribution >= 4 is 16.9 Å². The van der Waals surface area contributed by atoms with Crippen molar-refractivity contribution < 1.29 is 4.74 Å². The molecule has 0 aromatic carbocycles. The van der Waals surface area contributed by atoms with Gasteiger partial charge in [-0.15, -0.1) is 4.99 Å². The van der Waals surface area contributed by atoms with Crippen LogP contribution in [-0.2, 0) is 4.74 Å². The van der Waals surface area contributed by atoms with Crippen LogP contribution in [0.15, 0.2) is 4.99 Å². The fourth-order valence-electron chi connectivity index (χ4n) is 0.871. The van der Waals surface area contributed by atoms with Gasteiger partial charge in [-0.05, 0) is 12.7 Å². The van der Waals surface area contributed by atoms with Crippen LogP contribution in [0.3, 0.4) is 0 Å². The molecule has 0 saturated carbocycles. The Hall–Kier alpha value is -0.730. The summed E-state index contributed by atoms with van der Waals surface area (Å²) in [5.41, 5.74) is 0. The fourth-order valence-corrected chi connectivity index (χ4v) is 1.41. The Morgan fingerprint density at radius 2 is 2.38 bits per heavy atom. The number of amidine groups is 1. The maximum atomic E-state index is 8.39. The molecule has 0 aliphatic heterocycles. The van der Waals surface area contributed by atoms with Crippen molar-refractivity contribution in [3.63, 3.8) is 0 Å². The van der Waals surface area contributed by atoms with Gasteiger partial charge in [-0.1, -0.05) is 11.8 Å². The number of ether oxygens (including phenoxy) is 1. The predicted molar refractivity (Wildman–Crippen MR) is 55.7 cm³/mol. The summed E-state index contributed by atoms with van der Waals surface area (Å²) in [7, 11) is 3.60. The van der Waals surface area contributed by atoms with Gasteiger partial charge in [0.2, 0.25) is 6.19 Å². The SMILES string of the molecule is COCCCN(C)C(=NC#N)SC. The molecule has 0 unspecified atom stereocenters. The number of nitrogens with zero attached hydrogens (tertiary/aromatic N) is 3. The molecule has 0 fully saturated rings. The number of methoxy groups -OCH3 is 1. The number of hydrogen-bond acceptors (Lipinski definition) is 4. The van der Waals surface area contributed by atoms with Crippen LogP contribution in [0.25, 0.3) is 0 Å². The van der Waals surface area contributed by atoms with E-state index in [9.17, 15) is 0 Å². The van der Waals surface area contributed by atoms with E-state index in [1.165, 1.54) is 11.8 Å². The summed E-state index contributed by atoms with van der Waals surface area (Å²) in [5.74, 6) is 0. The zero-order valence-corrected chi connectivity index (χ0v) is 9.10. The van der Waals surface area contributed by atoms with Gasteiger partial charge in [-0.3, -0.25) is 0 Å². The molecule has 0 aromatic rings. The Labute approximate surface area is 83.6 Å². The third-order valence-electron chi connectivity index (χ3n) is 1.50. The highest BCUT2D eigenvalue weighted by molar-refractivity contribution is 8.13. The molecule has 0 spiro atoms. The summed E-state index contributed by atoms with van der Waals surface area (Å²) in [5, 5.41) is 9.13. The summed E-state index contributed by atoms with van der Waals surface area (Å²) in [6.07, 6.45) is 4.63. The molecule has 0 bridgehead atoms. The highest BCUT2D eigenvalue weighted by Gasteiger charge is 2.03. The Morgan fingerprint density at radius 3 is 2.85 bits per heavy atom. The van der Waals surface area contributed by atoms with Gasteiger partial charge >= 0.3 is 0 Å². The van der Waals surface area contributed by atoms with Gasteiger partial charge < -0.3 is 9.64 Å². The summed E-state index contributed by atoms with van der Waals surface area (Å²) in [4.78, 5) is 5.64. The molecule has 0 aliphatic rings. The quantitative estimate of drug-likeness (QED) is 0.296. The number of thioether (sulfide) groups is 1. The largest absolute Gasteiger partial charge is 0.385 e. The number of hydrogen-bond donors (Lipinski definition) is 0. The number of nitriles is 1. The van der Waals surface area contributed by atoms with Crippen LogP contribution in [0.4, 0.5) is 0 Å². The highest BCUT2D eigenvalue weighted by Crippen LogP contribution is 2.03. The molecule has 0 atom stereocenters. The van der Waals surface area contributed by atoms with E-state index in [0.717, 1.165) is 24.7 Å². The van der Waals surface area contributed by atoms with Crippen molar-refractivity contribution in [1.82, 2.24) is 4.90 Å². The third kappa shape index (κ3) is 5.50. The van der Waals surface area contributed by atoms with Crippen molar-refractivity contribution in [1.29, 1.82) is 5.26 Å². The van der Waals surface area contributed by atoms with E-state index in [-0.39, 0.29) is 0 Å². The Kier molecular flexibility index (Phi) is 7.45. The molecule has 0 aliphatic carbocycles. The van der Waals surface area contributed by atoms with Gasteiger partial charge in [0.1, 0.15) is 0 Å². The zero-order chi connectivity index (χ0) is 10.1. The molecular weight excluding hydrogens is 186 g/mol. The highest BCUT2D eigenvalue weighted by atomic mass is 32.2. The lowest BCUT2D eigenvalue weighted by molar-refractivity contribution is 0.189. The Morgan fingerprint density at radius 1 is 1.69 bits per heavy atom. The minimum Gasteiger partial charge on any atom is -0.385 e. The van der Waals surface area contributed by atoms with E-state index in [1.54, 1.807) is 13.3 Å². The smallest absolute Gasteiger partial charge is 0.208 e. The van der Waals surface area contributed by atoms with Crippen molar-refractivity contribution in [3.8, 4) is 6.19 Å². The zero-order valence-electron chi connectivity index (χ0n) is 8.28. The fraction of sp³-hybridized carbons (Fsp3) is 0.750. The van der Waals surface area contributed by atoms with Gasteiger partial charge in [0, 0.05) is 27.3 Å². The van der Waals surface area contributed by atoms with Crippen LogP contribution >= 0.6 is 11.8 Å². The van der Waals surface area contributed by atoms with Crippen LogP contribution in [0.1, 0.15) is 6.42 Å². The minimum atomic E-state index is 0.735. The lowest BCUT2D eigenvalue weighted by atomic mass is 10.4. The van der Waals surface area contributed by atoms with E-state index >= 15 is 0 Å². The maximum absolute atomic E-state index is 8.39. The van der Waals surface area contributed by atoms with Crippen molar-refractivity contribution in [2.45, 2.75) is 6.42 Å². The first-order valence-electron chi connectivity index (χ1n) is 3.97. The van der Waals surface area contributed by atoms with Crippen LogP contribution in [-0.4, -0.2) is 43.6 Å². The van der Waals surface area contributed by atoms with Gasteiger partial charge in [0.25, 0.3) is 0 Å². The van der Waals surface area contributed by atoms with E-state index in [1.807, 2.05) is 18.2 Å². The Balaban J connectivity index is 3.86. The van der Waals surface area contributed by atoms with Gasteiger partial charge in [0.15, 0.2) is 5.17 Å². The lowest BCUT2D eigenvalue weighted by Crippen LogP contribution is -2.25. The van der Waals surface area contributed by atoms with Crippen LogP contribution in [0.5, 0.6) is 0 Å². The van der Waals surface area contributed by atoms with Gasteiger partial charge in [-0.25, -0.2) is 0 Å². The van der Waals surface area contributed by atoms with E-state index in [0.29, 0.717) is 0 Å². The van der Waals surface area contributed by atoms with Crippen LogP contribution < -0.4 is 0 Å². The second-order valence-electron chi connectivity index (χ2n) is 2.47. The standard InChI is InChI=1S/C8H15N3OS/c1-11(5-4-6-12-2)8(13-3)10-7-9/h4-6H2,1-3H3. The molecule has 0 amide bonds. The molecule has 4 nitrogen and oxygen atoms in total. The minimum absolute atomic E-state index is 0.735. The average molecular weight is 201 g/mol. The van der Waals surface area contributed by atoms with Crippen molar-refractivity contribution in [2.75, 3.05) is 33.6 Å². The van der Waals surface area contributed by atoms with Crippen molar-refractivity contribution in [2.24, 2.45) is 4.99 Å². The molecule has 5 heteroatoms. The summed E-state index contributed by atoms with van der Waals surface area (Å²) in [6, 6.07) is 0. The second kappa shape index (κ2) is 7.90. The Bertz CT molecular complexity index is 200. The molecular formula is C8H15N3OS. The monoisotopic (exact) mass is 201 g/mol. The van der Waals surface area contributed by atoms with Crippen molar-refractivity contribution in [3.05, 3.63) is 0 Å². The van der Waals surface area contributed by atoms with Gasteiger partial charge in [0.05, 0.1) is 0 Å². The molecule has 74 valence electrons. The number of rotatable bonds is 4. The topological polar surface area (TPSA) is 48.6 Å². The lowest BCUT2D eigenvalue weighted by Gasteiger charge is -2.17. The van der Waals surface area contributed by atoms with E-state index in [2.05, 4.69) is 4.99 Å². The van der Waals surface area contributed by atoms with Crippen LogP contribution in [0.2, 0.25) is 0 Å². The summed E-state index contributed by atoms with van der Waals surface area (Å²) in [6.45, 7) is 1.59. The average Bonchev–Trinajstić information content (AvgIpc) is 2.14. The second-order valence-corrected chi connectivity index (χ2v) is 3.24. The first-order valence-corrected chi connectivity index (χ1v) is 5.19. The summed E-state index contributed by atoms with van der Waals surface area (Å²) >= 11 is 1.47. The molecule has 0 heterocycles. The molecule has 0 saturated heterocycles.